The third-order valence-electron chi connectivity index (χ3n) is 12.9. The number of hydrogen-bond acceptors (Lipinski definition) is 7. The zero-order valence-electron chi connectivity index (χ0n) is 34.7. The molecule has 61 heavy (non-hydrogen) atoms. The Labute approximate surface area is 355 Å². The standard InChI is InChI=1S/C54H45N3O4/c1-53(2)44-16-10-8-14-39(44)48-42-32-46(58-3)47(59-4)33-43(42)51-41(49(48)53)26-27-54(61-51,37-22-24-38(25-23-37)57-28-30-60-31-29-57)36-20-18-35(19-21-36)52-55-45-17-11-9-15-40(45)50(56-52)34-12-6-5-7-13-34/h5-27,32-33H,28-31H2,1-4H3. The summed E-state index contributed by atoms with van der Waals surface area (Å²) in [6.07, 6.45) is 4.55. The maximum atomic E-state index is 7.71. The number of aromatic nitrogens is 2. The summed E-state index contributed by atoms with van der Waals surface area (Å²) in [6, 6.07) is 48.9. The van der Waals surface area contributed by atoms with E-state index in [1.54, 1.807) is 14.2 Å². The van der Waals surface area contributed by atoms with Crippen molar-refractivity contribution < 1.29 is 18.9 Å². The van der Waals surface area contributed by atoms with Gasteiger partial charge in [0.2, 0.25) is 0 Å². The largest absolute Gasteiger partial charge is 0.493 e. The molecule has 1 aliphatic carbocycles. The molecule has 1 unspecified atom stereocenters. The molecule has 0 bridgehead atoms. The van der Waals surface area contributed by atoms with Gasteiger partial charge in [-0.05, 0) is 64.0 Å². The second kappa shape index (κ2) is 14.4. The smallest absolute Gasteiger partial charge is 0.178 e. The van der Waals surface area contributed by atoms with Crippen molar-refractivity contribution in [2.45, 2.75) is 24.9 Å². The molecule has 2 aliphatic heterocycles. The zero-order valence-corrected chi connectivity index (χ0v) is 34.7. The van der Waals surface area contributed by atoms with Crippen LogP contribution in [0.4, 0.5) is 5.69 Å². The maximum absolute atomic E-state index is 7.71. The van der Waals surface area contributed by atoms with E-state index < -0.39 is 5.60 Å². The van der Waals surface area contributed by atoms with E-state index in [1.807, 2.05) is 30.3 Å². The van der Waals surface area contributed by atoms with Gasteiger partial charge in [0.25, 0.3) is 0 Å². The average molecular weight is 800 g/mol. The Morgan fingerprint density at radius 2 is 1.30 bits per heavy atom. The lowest BCUT2D eigenvalue weighted by molar-refractivity contribution is 0.122. The Hall–Kier alpha value is -6.96. The number of anilines is 1. The van der Waals surface area contributed by atoms with Crippen molar-refractivity contribution in [3.63, 3.8) is 0 Å². The summed E-state index contributed by atoms with van der Waals surface area (Å²) in [6.45, 7) is 7.81. The highest BCUT2D eigenvalue weighted by atomic mass is 16.5. The first kappa shape index (κ1) is 37.1. The molecule has 0 spiro atoms. The van der Waals surface area contributed by atoms with E-state index in [9.17, 15) is 0 Å². The van der Waals surface area contributed by atoms with Crippen molar-refractivity contribution >= 4 is 33.4 Å². The number of fused-ring (bicyclic) bond motifs is 9. The lowest BCUT2D eigenvalue weighted by atomic mass is 9.76. The number of nitrogens with zero attached hydrogens (tertiary/aromatic N) is 3. The minimum Gasteiger partial charge on any atom is -0.493 e. The molecule has 1 saturated heterocycles. The highest BCUT2D eigenvalue weighted by Gasteiger charge is 2.44. The fourth-order valence-corrected chi connectivity index (χ4v) is 9.88. The van der Waals surface area contributed by atoms with Crippen LogP contribution in [0.3, 0.4) is 0 Å². The molecule has 0 amide bonds. The monoisotopic (exact) mass is 799 g/mol. The van der Waals surface area contributed by atoms with Gasteiger partial charge in [-0.2, -0.15) is 0 Å². The van der Waals surface area contributed by atoms with Gasteiger partial charge in [0.05, 0.1) is 38.6 Å². The molecular formula is C54H45N3O4. The van der Waals surface area contributed by atoms with E-state index in [0.29, 0.717) is 17.3 Å². The minimum atomic E-state index is -0.988. The Kier molecular flexibility index (Phi) is 8.72. The Balaban J connectivity index is 1.11. The van der Waals surface area contributed by atoms with Gasteiger partial charge in [-0.25, -0.2) is 9.97 Å². The molecule has 7 heteroatoms. The van der Waals surface area contributed by atoms with Crippen molar-refractivity contribution in [2.75, 3.05) is 45.4 Å². The summed E-state index contributed by atoms with van der Waals surface area (Å²) in [4.78, 5) is 12.6. The molecule has 300 valence electrons. The van der Waals surface area contributed by atoms with Crippen molar-refractivity contribution in [3.8, 4) is 51.0 Å². The number of hydrogen-bond donors (Lipinski definition) is 0. The molecule has 0 radical (unpaired) electrons. The van der Waals surface area contributed by atoms with Gasteiger partial charge in [-0.3, -0.25) is 0 Å². The predicted octanol–water partition coefficient (Wildman–Crippen LogP) is 11.6. The lowest BCUT2D eigenvalue weighted by Crippen LogP contribution is -2.37. The Bertz CT molecular complexity index is 3030. The normalized spacial score (nSPS) is 17.4. The Morgan fingerprint density at radius 3 is 2.03 bits per heavy atom. The zero-order chi connectivity index (χ0) is 41.3. The van der Waals surface area contributed by atoms with Crippen LogP contribution < -0.4 is 19.1 Å². The highest BCUT2D eigenvalue weighted by Crippen LogP contribution is 2.59. The first-order valence-electron chi connectivity index (χ1n) is 21.0. The molecular weight excluding hydrogens is 755 g/mol. The number of methoxy groups -OCH3 is 2. The first-order valence-corrected chi connectivity index (χ1v) is 21.0. The number of para-hydroxylation sites is 1. The molecule has 7 nitrogen and oxygen atoms in total. The molecule has 1 aromatic heterocycles. The fraction of sp³-hybridized carbons (Fsp3) is 0.185. The third kappa shape index (κ3) is 5.82. The van der Waals surface area contributed by atoms with E-state index in [1.165, 1.54) is 27.9 Å². The molecule has 8 aromatic rings. The van der Waals surface area contributed by atoms with E-state index >= 15 is 0 Å². The molecule has 0 N–H and O–H groups in total. The van der Waals surface area contributed by atoms with Crippen molar-refractivity contribution in [1.29, 1.82) is 0 Å². The third-order valence-corrected chi connectivity index (χ3v) is 12.9. The van der Waals surface area contributed by atoms with Crippen molar-refractivity contribution in [1.82, 2.24) is 9.97 Å². The van der Waals surface area contributed by atoms with Gasteiger partial charge in [0.1, 0.15) is 5.75 Å². The summed E-state index contributed by atoms with van der Waals surface area (Å²) in [5, 5.41) is 3.05. The van der Waals surface area contributed by atoms with Gasteiger partial charge >= 0.3 is 0 Å². The van der Waals surface area contributed by atoms with Crippen molar-refractivity contribution in [2.24, 2.45) is 0 Å². The van der Waals surface area contributed by atoms with Crippen LogP contribution in [-0.4, -0.2) is 50.5 Å². The second-order valence-electron chi connectivity index (χ2n) is 16.6. The maximum Gasteiger partial charge on any atom is 0.178 e. The van der Waals surface area contributed by atoms with Crippen LogP contribution in [0.15, 0.2) is 146 Å². The number of benzene rings is 7. The number of rotatable bonds is 7. The number of ether oxygens (including phenoxy) is 4. The van der Waals surface area contributed by atoms with Crippen LogP contribution in [0.2, 0.25) is 0 Å². The van der Waals surface area contributed by atoms with Gasteiger partial charge in [0, 0.05) is 62.8 Å². The van der Waals surface area contributed by atoms with Crippen LogP contribution in [0.25, 0.3) is 61.5 Å². The molecule has 1 fully saturated rings. The van der Waals surface area contributed by atoms with Crippen LogP contribution in [0, 0.1) is 0 Å². The summed E-state index contributed by atoms with van der Waals surface area (Å²) >= 11 is 0. The van der Waals surface area contributed by atoms with E-state index in [4.69, 9.17) is 28.9 Å². The van der Waals surface area contributed by atoms with Gasteiger partial charge < -0.3 is 23.8 Å². The molecule has 11 rings (SSSR count). The molecule has 3 aliphatic rings. The van der Waals surface area contributed by atoms with Gasteiger partial charge in [-0.1, -0.05) is 129 Å². The molecule has 7 aromatic carbocycles. The van der Waals surface area contributed by atoms with Gasteiger partial charge in [-0.15, -0.1) is 0 Å². The van der Waals surface area contributed by atoms with Crippen LogP contribution in [-0.2, 0) is 15.8 Å². The van der Waals surface area contributed by atoms with Gasteiger partial charge in [0.15, 0.2) is 22.9 Å². The predicted molar refractivity (Wildman–Crippen MR) is 245 cm³/mol. The summed E-state index contributed by atoms with van der Waals surface area (Å²) < 4.78 is 25.3. The van der Waals surface area contributed by atoms with Crippen LogP contribution in [0.5, 0.6) is 17.2 Å². The second-order valence-corrected chi connectivity index (χ2v) is 16.6. The fourth-order valence-electron chi connectivity index (χ4n) is 9.88. The first-order chi connectivity index (χ1) is 29.9. The quantitative estimate of drug-likeness (QED) is 0.159. The lowest BCUT2D eigenvalue weighted by Gasteiger charge is -2.39. The molecule has 0 saturated carbocycles. The topological polar surface area (TPSA) is 65.9 Å². The van der Waals surface area contributed by atoms with Crippen LogP contribution in [0.1, 0.15) is 41.7 Å². The molecule has 1 atom stereocenters. The highest BCUT2D eigenvalue weighted by molar-refractivity contribution is 6.09. The Morgan fingerprint density at radius 1 is 0.639 bits per heavy atom. The van der Waals surface area contributed by atoms with Crippen LogP contribution >= 0.6 is 0 Å². The SMILES string of the molecule is COc1cc2c3c(c4c(c2cc1OC)-c1ccccc1C4(C)C)C=CC(c1ccc(-c2nc(-c4ccccc4)c4ccccc4n2)cc1)(c1ccc(N2CCOCC2)cc1)O3. The van der Waals surface area contributed by atoms with E-state index in [-0.39, 0.29) is 5.41 Å². The summed E-state index contributed by atoms with van der Waals surface area (Å²) in [5.41, 5.74) is 11.7. The molecule has 3 heterocycles. The van der Waals surface area contributed by atoms with Crippen molar-refractivity contribution in [3.05, 3.63) is 173 Å². The summed E-state index contributed by atoms with van der Waals surface area (Å²) in [7, 11) is 3.38. The summed E-state index contributed by atoms with van der Waals surface area (Å²) in [5.74, 6) is 2.81. The van der Waals surface area contributed by atoms with E-state index in [2.05, 4.69) is 140 Å². The minimum absolute atomic E-state index is 0.287. The average Bonchev–Trinajstić information content (AvgIpc) is 3.57. The van der Waals surface area contributed by atoms with E-state index in [0.717, 1.165) is 87.2 Å². The number of morpholine rings is 1.